The molecule has 0 saturated heterocycles. The monoisotopic (exact) mass is 433 g/mol. The van der Waals surface area contributed by atoms with Crippen LogP contribution in [0.25, 0.3) is 0 Å². The molecule has 7 heteroatoms. The fourth-order valence-corrected chi connectivity index (χ4v) is 4.04. The van der Waals surface area contributed by atoms with Crippen molar-refractivity contribution < 1.29 is 18.0 Å². The Morgan fingerprint density at radius 2 is 1.74 bits per heavy atom. The minimum absolute atomic E-state index is 0.0343. The van der Waals surface area contributed by atoms with Crippen molar-refractivity contribution in [3.63, 3.8) is 0 Å². The van der Waals surface area contributed by atoms with Crippen LogP contribution in [0.4, 0.5) is 30.2 Å². The third-order valence-electron chi connectivity index (χ3n) is 5.84. The second-order valence-corrected chi connectivity index (χ2v) is 8.29. The number of carbonyl (C=O) groups is 1. The van der Waals surface area contributed by atoms with Gasteiger partial charge in [0.05, 0.1) is 16.9 Å². The van der Waals surface area contributed by atoms with Gasteiger partial charge in [0.15, 0.2) is 0 Å². The Labute approximate surface area is 181 Å². The molecule has 31 heavy (non-hydrogen) atoms. The predicted molar refractivity (Wildman–Crippen MR) is 119 cm³/mol. The van der Waals surface area contributed by atoms with Crippen LogP contribution in [0.15, 0.2) is 42.5 Å². The van der Waals surface area contributed by atoms with Crippen molar-refractivity contribution in [3.05, 3.63) is 53.6 Å². The van der Waals surface area contributed by atoms with E-state index >= 15 is 0 Å². The SMILES string of the molecule is Nc1cc(NCc2ccc(C(F)(F)F)cc2)ccc1NC(=O)CCCC1CCCCC1. The van der Waals surface area contributed by atoms with Gasteiger partial charge in [-0.1, -0.05) is 44.2 Å². The molecule has 0 spiro atoms. The second kappa shape index (κ2) is 10.6. The molecule has 0 radical (unpaired) electrons. The van der Waals surface area contributed by atoms with Crippen LogP contribution in [-0.2, 0) is 17.5 Å². The van der Waals surface area contributed by atoms with Gasteiger partial charge in [-0.2, -0.15) is 13.2 Å². The smallest absolute Gasteiger partial charge is 0.397 e. The van der Waals surface area contributed by atoms with E-state index in [4.69, 9.17) is 5.73 Å². The molecule has 2 aromatic carbocycles. The molecule has 1 aliphatic rings. The maximum atomic E-state index is 12.6. The minimum Gasteiger partial charge on any atom is -0.397 e. The molecule has 0 bridgehead atoms. The third-order valence-corrected chi connectivity index (χ3v) is 5.84. The number of anilines is 3. The van der Waals surface area contributed by atoms with Gasteiger partial charge in [-0.15, -0.1) is 0 Å². The molecule has 168 valence electrons. The van der Waals surface area contributed by atoms with Crippen molar-refractivity contribution in [2.45, 2.75) is 64.1 Å². The highest BCUT2D eigenvalue weighted by Crippen LogP contribution is 2.30. The van der Waals surface area contributed by atoms with Gasteiger partial charge in [-0.25, -0.2) is 0 Å². The zero-order valence-electron chi connectivity index (χ0n) is 17.6. The predicted octanol–water partition coefficient (Wildman–Crippen LogP) is 6.59. The summed E-state index contributed by atoms with van der Waals surface area (Å²) in [7, 11) is 0. The van der Waals surface area contributed by atoms with Crippen LogP contribution in [0.2, 0.25) is 0 Å². The summed E-state index contributed by atoms with van der Waals surface area (Å²) in [5.74, 6) is 0.731. The number of nitrogen functional groups attached to an aromatic ring is 1. The number of nitrogens with two attached hydrogens (primary N) is 1. The standard InChI is InChI=1S/C24H30F3N3O/c25-24(26,27)19-11-9-18(10-12-19)16-29-20-13-14-22(21(28)15-20)30-23(31)8-4-7-17-5-2-1-3-6-17/h9-15,17,29H,1-8,16,28H2,(H,30,31). The molecule has 0 unspecified atom stereocenters. The normalized spacial score (nSPS) is 14.9. The summed E-state index contributed by atoms with van der Waals surface area (Å²) in [5.41, 5.74) is 7.87. The molecular weight excluding hydrogens is 403 g/mol. The van der Waals surface area contributed by atoms with E-state index in [0.29, 0.717) is 24.3 Å². The lowest BCUT2D eigenvalue weighted by molar-refractivity contribution is -0.137. The average molecular weight is 434 g/mol. The van der Waals surface area contributed by atoms with Crippen molar-refractivity contribution in [2.24, 2.45) is 5.92 Å². The van der Waals surface area contributed by atoms with E-state index in [-0.39, 0.29) is 5.91 Å². The van der Waals surface area contributed by atoms with Crippen LogP contribution in [0.5, 0.6) is 0 Å². The highest BCUT2D eigenvalue weighted by atomic mass is 19.4. The fourth-order valence-electron chi connectivity index (χ4n) is 4.04. The Balaban J connectivity index is 1.45. The van der Waals surface area contributed by atoms with Gasteiger partial charge in [0.25, 0.3) is 0 Å². The Morgan fingerprint density at radius 3 is 2.39 bits per heavy atom. The summed E-state index contributed by atoms with van der Waals surface area (Å²) in [6, 6.07) is 10.3. The van der Waals surface area contributed by atoms with Gasteiger partial charge in [0, 0.05) is 18.7 Å². The number of hydrogen-bond donors (Lipinski definition) is 3. The molecule has 4 N–H and O–H groups in total. The first-order chi connectivity index (χ1) is 14.8. The van der Waals surface area contributed by atoms with E-state index in [9.17, 15) is 18.0 Å². The van der Waals surface area contributed by atoms with E-state index in [2.05, 4.69) is 10.6 Å². The zero-order chi connectivity index (χ0) is 22.3. The lowest BCUT2D eigenvalue weighted by Gasteiger charge is -2.21. The average Bonchev–Trinajstić information content (AvgIpc) is 2.74. The maximum Gasteiger partial charge on any atom is 0.416 e. The van der Waals surface area contributed by atoms with Gasteiger partial charge in [0.2, 0.25) is 5.91 Å². The fraction of sp³-hybridized carbons (Fsp3) is 0.458. The molecule has 1 saturated carbocycles. The zero-order valence-corrected chi connectivity index (χ0v) is 17.6. The summed E-state index contributed by atoms with van der Waals surface area (Å²) in [4.78, 5) is 12.2. The van der Waals surface area contributed by atoms with Gasteiger partial charge in [-0.05, 0) is 54.7 Å². The lowest BCUT2D eigenvalue weighted by atomic mass is 9.86. The summed E-state index contributed by atoms with van der Waals surface area (Å²) in [6.45, 7) is 0.366. The number of halogens is 3. The Bertz CT molecular complexity index is 859. The Kier molecular flexibility index (Phi) is 7.82. The van der Waals surface area contributed by atoms with E-state index in [1.807, 2.05) is 0 Å². The number of alkyl halides is 3. The molecule has 3 rings (SSSR count). The molecule has 0 aliphatic heterocycles. The van der Waals surface area contributed by atoms with Gasteiger partial charge >= 0.3 is 6.18 Å². The Hall–Kier alpha value is -2.70. The number of rotatable bonds is 8. The van der Waals surface area contributed by atoms with Crippen LogP contribution in [-0.4, -0.2) is 5.91 Å². The first kappa shape index (κ1) is 23.0. The Morgan fingerprint density at radius 1 is 1.03 bits per heavy atom. The summed E-state index contributed by atoms with van der Waals surface area (Å²) in [5, 5.41) is 6.01. The highest BCUT2D eigenvalue weighted by Gasteiger charge is 2.29. The summed E-state index contributed by atoms with van der Waals surface area (Å²) >= 11 is 0. The molecule has 0 atom stereocenters. The maximum absolute atomic E-state index is 12.6. The molecule has 0 heterocycles. The van der Waals surface area contributed by atoms with Crippen LogP contribution in [0.1, 0.15) is 62.5 Å². The number of nitrogens with one attached hydrogen (secondary N) is 2. The molecule has 2 aromatic rings. The van der Waals surface area contributed by atoms with E-state index < -0.39 is 11.7 Å². The lowest BCUT2D eigenvalue weighted by Crippen LogP contribution is -2.14. The van der Waals surface area contributed by atoms with Crippen molar-refractivity contribution in [2.75, 3.05) is 16.4 Å². The number of benzene rings is 2. The minimum atomic E-state index is -4.34. The molecule has 1 aliphatic carbocycles. The topological polar surface area (TPSA) is 67.2 Å². The van der Waals surface area contributed by atoms with Crippen LogP contribution >= 0.6 is 0 Å². The molecule has 0 aromatic heterocycles. The summed E-state index contributed by atoms with van der Waals surface area (Å²) in [6.07, 6.45) is 4.69. The molecular formula is C24H30F3N3O. The van der Waals surface area contributed by atoms with E-state index in [0.717, 1.165) is 42.1 Å². The van der Waals surface area contributed by atoms with Crippen molar-refractivity contribution in [1.29, 1.82) is 0 Å². The van der Waals surface area contributed by atoms with Gasteiger partial charge in [-0.3, -0.25) is 4.79 Å². The van der Waals surface area contributed by atoms with Crippen LogP contribution in [0, 0.1) is 5.92 Å². The first-order valence-corrected chi connectivity index (χ1v) is 10.9. The van der Waals surface area contributed by atoms with Crippen molar-refractivity contribution >= 4 is 23.0 Å². The number of hydrogen-bond acceptors (Lipinski definition) is 3. The van der Waals surface area contributed by atoms with E-state index in [1.54, 1.807) is 18.2 Å². The van der Waals surface area contributed by atoms with Crippen molar-refractivity contribution in [3.8, 4) is 0 Å². The first-order valence-electron chi connectivity index (χ1n) is 10.9. The second-order valence-electron chi connectivity index (χ2n) is 8.29. The van der Waals surface area contributed by atoms with Crippen LogP contribution < -0.4 is 16.4 Å². The highest BCUT2D eigenvalue weighted by molar-refractivity contribution is 5.94. The molecule has 1 amide bonds. The number of carbonyl (C=O) groups excluding carboxylic acids is 1. The summed E-state index contributed by atoms with van der Waals surface area (Å²) < 4.78 is 37.9. The quantitative estimate of drug-likeness (QED) is 0.412. The van der Waals surface area contributed by atoms with Gasteiger partial charge in [0.1, 0.15) is 0 Å². The molecule has 4 nitrogen and oxygen atoms in total. The van der Waals surface area contributed by atoms with E-state index in [1.165, 1.54) is 44.2 Å². The van der Waals surface area contributed by atoms with Gasteiger partial charge < -0.3 is 16.4 Å². The third kappa shape index (κ3) is 7.19. The van der Waals surface area contributed by atoms with Crippen molar-refractivity contribution in [1.82, 2.24) is 0 Å². The largest absolute Gasteiger partial charge is 0.416 e. The molecule has 1 fully saturated rings. The number of amides is 1. The van der Waals surface area contributed by atoms with Crippen LogP contribution in [0.3, 0.4) is 0 Å².